The van der Waals surface area contributed by atoms with Crippen LogP contribution in [0.4, 0.5) is 10.1 Å². The standard InChI is InChI=1S/C19H20FN3/c20-16-3-1-2-14(10-16)11-18-13-21-8-9-23(18)17-4-5-19-15(12-17)6-7-22-19/h1-7,10,12,18,21-22H,8-9,11,13H2. The first-order valence-electron chi connectivity index (χ1n) is 8.08. The highest BCUT2D eigenvalue weighted by molar-refractivity contribution is 5.83. The van der Waals surface area contributed by atoms with E-state index < -0.39 is 0 Å². The molecule has 0 bridgehead atoms. The fourth-order valence-electron chi connectivity index (χ4n) is 3.44. The lowest BCUT2D eigenvalue weighted by molar-refractivity contribution is 0.473. The van der Waals surface area contributed by atoms with Crippen molar-refractivity contribution in [3.05, 3.63) is 66.1 Å². The maximum Gasteiger partial charge on any atom is 0.123 e. The molecule has 1 fully saturated rings. The summed E-state index contributed by atoms with van der Waals surface area (Å²) in [5.41, 5.74) is 3.44. The molecule has 0 radical (unpaired) electrons. The van der Waals surface area contributed by atoms with Crippen LogP contribution in [0, 0.1) is 5.82 Å². The number of hydrogen-bond acceptors (Lipinski definition) is 2. The molecule has 0 spiro atoms. The van der Waals surface area contributed by atoms with Crippen molar-refractivity contribution in [3.8, 4) is 0 Å². The van der Waals surface area contributed by atoms with E-state index in [0.29, 0.717) is 6.04 Å². The van der Waals surface area contributed by atoms with Crippen LogP contribution in [0.15, 0.2) is 54.7 Å². The highest BCUT2D eigenvalue weighted by atomic mass is 19.1. The van der Waals surface area contributed by atoms with Crippen molar-refractivity contribution in [2.45, 2.75) is 12.5 Å². The predicted molar refractivity (Wildman–Crippen MR) is 92.4 cm³/mol. The topological polar surface area (TPSA) is 31.1 Å². The Labute approximate surface area is 135 Å². The van der Waals surface area contributed by atoms with Gasteiger partial charge in [-0.2, -0.15) is 0 Å². The van der Waals surface area contributed by atoms with E-state index in [0.717, 1.165) is 37.1 Å². The van der Waals surface area contributed by atoms with Crippen molar-refractivity contribution in [2.24, 2.45) is 0 Å². The Balaban J connectivity index is 1.61. The largest absolute Gasteiger partial charge is 0.366 e. The predicted octanol–water partition coefficient (Wildman–Crippen LogP) is 3.33. The van der Waals surface area contributed by atoms with E-state index in [1.165, 1.54) is 17.1 Å². The SMILES string of the molecule is Fc1cccc(CC2CNCCN2c2ccc3[nH]ccc3c2)c1. The van der Waals surface area contributed by atoms with Crippen LogP contribution in [0.3, 0.4) is 0 Å². The Hall–Kier alpha value is -2.33. The fourth-order valence-corrected chi connectivity index (χ4v) is 3.44. The van der Waals surface area contributed by atoms with E-state index in [9.17, 15) is 4.39 Å². The van der Waals surface area contributed by atoms with Crippen molar-refractivity contribution >= 4 is 16.6 Å². The molecule has 0 aliphatic carbocycles. The molecule has 1 aliphatic heterocycles. The Morgan fingerprint density at radius 2 is 2.09 bits per heavy atom. The minimum absolute atomic E-state index is 0.161. The van der Waals surface area contributed by atoms with Crippen LogP contribution in [0.25, 0.3) is 10.9 Å². The minimum atomic E-state index is -0.161. The van der Waals surface area contributed by atoms with Crippen LogP contribution in [0.1, 0.15) is 5.56 Å². The van der Waals surface area contributed by atoms with Gasteiger partial charge in [-0.1, -0.05) is 12.1 Å². The number of aromatic amines is 1. The zero-order valence-corrected chi connectivity index (χ0v) is 12.9. The lowest BCUT2D eigenvalue weighted by Gasteiger charge is -2.38. The molecule has 118 valence electrons. The summed E-state index contributed by atoms with van der Waals surface area (Å²) in [5, 5.41) is 4.69. The minimum Gasteiger partial charge on any atom is -0.366 e. The quantitative estimate of drug-likeness (QED) is 0.777. The Bertz CT molecular complexity index is 811. The molecular weight excluding hydrogens is 289 g/mol. The van der Waals surface area contributed by atoms with Gasteiger partial charge in [0, 0.05) is 48.5 Å². The second-order valence-corrected chi connectivity index (χ2v) is 6.13. The van der Waals surface area contributed by atoms with E-state index in [1.54, 1.807) is 12.1 Å². The normalized spacial score (nSPS) is 18.5. The average Bonchev–Trinajstić information content (AvgIpc) is 3.03. The van der Waals surface area contributed by atoms with E-state index >= 15 is 0 Å². The molecule has 0 saturated carbocycles. The van der Waals surface area contributed by atoms with Crippen molar-refractivity contribution < 1.29 is 4.39 Å². The molecule has 1 saturated heterocycles. The molecule has 1 aliphatic rings. The summed E-state index contributed by atoms with van der Waals surface area (Å²) in [6.07, 6.45) is 2.81. The number of piperazine rings is 1. The number of nitrogens with one attached hydrogen (secondary N) is 2. The maximum absolute atomic E-state index is 13.4. The molecule has 4 heteroatoms. The summed E-state index contributed by atoms with van der Waals surface area (Å²) in [6.45, 7) is 2.86. The van der Waals surface area contributed by atoms with Gasteiger partial charge in [0.25, 0.3) is 0 Å². The van der Waals surface area contributed by atoms with Gasteiger partial charge in [0.2, 0.25) is 0 Å². The Morgan fingerprint density at radius 1 is 1.13 bits per heavy atom. The number of nitrogens with zero attached hydrogens (tertiary/aromatic N) is 1. The van der Waals surface area contributed by atoms with Gasteiger partial charge in [-0.25, -0.2) is 4.39 Å². The summed E-state index contributed by atoms with van der Waals surface area (Å²) >= 11 is 0. The molecule has 0 amide bonds. The van der Waals surface area contributed by atoms with Crippen molar-refractivity contribution in [3.63, 3.8) is 0 Å². The van der Waals surface area contributed by atoms with E-state index in [4.69, 9.17) is 0 Å². The third-order valence-corrected chi connectivity index (χ3v) is 4.58. The van der Waals surface area contributed by atoms with Gasteiger partial charge in [-0.15, -0.1) is 0 Å². The second kappa shape index (κ2) is 6.05. The van der Waals surface area contributed by atoms with E-state index in [-0.39, 0.29) is 5.82 Å². The van der Waals surface area contributed by atoms with Gasteiger partial charge in [0.15, 0.2) is 0 Å². The van der Waals surface area contributed by atoms with Crippen LogP contribution in [-0.2, 0) is 6.42 Å². The van der Waals surface area contributed by atoms with Crippen molar-refractivity contribution in [1.29, 1.82) is 0 Å². The van der Waals surface area contributed by atoms with Gasteiger partial charge in [0.05, 0.1) is 0 Å². The second-order valence-electron chi connectivity index (χ2n) is 6.13. The first kappa shape index (κ1) is 14.3. The van der Waals surface area contributed by atoms with Gasteiger partial charge in [-0.3, -0.25) is 0 Å². The molecular formula is C19H20FN3. The van der Waals surface area contributed by atoms with Crippen LogP contribution in [0.2, 0.25) is 0 Å². The van der Waals surface area contributed by atoms with Gasteiger partial charge in [-0.05, 0) is 48.4 Å². The van der Waals surface area contributed by atoms with Crippen LogP contribution < -0.4 is 10.2 Å². The van der Waals surface area contributed by atoms with E-state index in [1.807, 2.05) is 12.3 Å². The third kappa shape index (κ3) is 2.94. The summed E-state index contributed by atoms with van der Waals surface area (Å²) in [7, 11) is 0. The molecule has 1 aromatic heterocycles. The number of aromatic nitrogens is 1. The Kier molecular flexibility index (Phi) is 3.75. The zero-order chi connectivity index (χ0) is 15.6. The molecule has 3 nitrogen and oxygen atoms in total. The monoisotopic (exact) mass is 309 g/mol. The lowest BCUT2D eigenvalue weighted by atomic mass is 10.0. The summed E-state index contributed by atoms with van der Waals surface area (Å²) in [6, 6.07) is 15.9. The summed E-state index contributed by atoms with van der Waals surface area (Å²) in [5.74, 6) is -0.161. The number of H-pyrrole nitrogens is 1. The fraction of sp³-hybridized carbons (Fsp3) is 0.263. The molecule has 4 rings (SSSR count). The average molecular weight is 309 g/mol. The van der Waals surface area contributed by atoms with Crippen molar-refractivity contribution in [1.82, 2.24) is 10.3 Å². The number of benzene rings is 2. The molecule has 1 atom stereocenters. The number of rotatable bonds is 3. The van der Waals surface area contributed by atoms with Crippen LogP contribution in [0.5, 0.6) is 0 Å². The molecule has 2 heterocycles. The number of fused-ring (bicyclic) bond motifs is 1. The molecule has 3 aromatic rings. The number of hydrogen-bond donors (Lipinski definition) is 2. The number of anilines is 1. The highest BCUT2D eigenvalue weighted by Crippen LogP contribution is 2.25. The van der Waals surface area contributed by atoms with Gasteiger partial charge >= 0.3 is 0 Å². The van der Waals surface area contributed by atoms with Crippen LogP contribution in [-0.4, -0.2) is 30.7 Å². The smallest absolute Gasteiger partial charge is 0.123 e. The number of halogens is 1. The molecule has 2 N–H and O–H groups in total. The highest BCUT2D eigenvalue weighted by Gasteiger charge is 2.23. The van der Waals surface area contributed by atoms with Crippen molar-refractivity contribution in [2.75, 3.05) is 24.5 Å². The molecule has 23 heavy (non-hydrogen) atoms. The van der Waals surface area contributed by atoms with E-state index in [2.05, 4.69) is 39.5 Å². The van der Waals surface area contributed by atoms with Gasteiger partial charge in [0.1, 0.15) is 5.82 Å². The Morgan fingerprint density at radius 3 is 3.00 bits per heavy atom. The lowest BCUT2D eigenvalue weighted by Crippen LogP contribution is -2.52. The maximum atomic E-state index is 13.4. The summed E-state index contributed by atoms with van der Waals surface area (Å²) < 4.78 is 13.4. The first-order chi connectivity index (χ1) is 11.3. The van der Waals surface area contributed by atoms with Crippen LogP contribution >= 0.6 is 0 Å². The third-order valence-electron chi connectivity index (χ3n) is 4.58. The summed E-state index contributed by atoms with van der Waals surface area (Å²) in [4.78, 5) is 5.67. The van der Waals surface area contributed by atoms with Gasteiger partial charge < -0.3 is 15.2 Å². The molecule has 2 aromatic carbocycles. The molecule has 1 unspecified atom stereocenters. The zero-order valence-electron chi connectivity index (χ0n) is 12.9. The first-order valence-corrected chi connectivity index (χ1v) is 8.08.